The third kappa shape index (κ3) is 6.52. The van der Waals surface area contributed by atoms with E-state index in [1.54, 1.807) is 5.43 Å². The molecule has 0 spiro atoms. The second-order valence-electron chi connectivity index (χ2n) is 6.21. The normalized spacial score (nSPS) is 12.6. The number of anilines is 1. The van der Waals surface area contributed by atoms with Crippen molar-refractivity contribution in [3.63, 3.8) is 0 Å². The molecule has 0 bridgehead atoms. The van der Waals surface area contributed by atoms with Crippen molar-refractivity contribution in [1.82, 2.24) is 10.9 Å². The lowest BCUT2D eigenvalue weighted by Crippen LogP contribution is -2.40. The lowest BCUT2D eigenvalue weighted by atomic mass is 9.94. The predicted octanol–water partition coefficient (Wildman–Crippen LogP) is 3.35. The summed E-state index contributed by atoms with van der Waals surface area (Å²) in [5.41, 5.74) is 2.25. The standard InChI is InChI=1S/C19H17ClF3N5O3/c1-10(16(29)11-5-7-13(20)8-6-11)15(27-28-18(31)26-24)17(30)25-14-4-2-3-12(9-14)19(21,22)23/h2-10H,24H2,1H3,(H,25,30)(H2,26,28,31)/b27-15-. The topological polar surface area (TPSA) is 126 Å². The molecule has 8 nitrogen and oxygen atoms in total. The van der Waals surface area contributed by atoms with Gasteiger partial charge in [-0.25, -0.2) is 16.1 Å². The number of rotatable bonds is 6. The monoisotopic (exact) mass is 455 g/mol. The average molecular weight is 456 g/mol. The largest absolute Gasteiger partial charge is 0.416 e. The minimum Gasteiger partial charge on any atom is -0.321 e. The van der Waals surface area contributed by atoms with Crippen LogP contribution in [0.15, 0.2) is 53.6 Å². The van der Waals surface area contributed by atoms with Crippen LogP contribution in [0.25, 0.3) is 0 Å². The van der Waals surface area contributed by atoms with Crippen LogP contribution in [0, 0.1) is 5.92 Å². The van der Waals surface area contributed by atoms with Crippen molar-refractivity contribution in [2.24, 2.45) is 16.9 Å². The van der Waals surface area contributed by atoms with Crippen LogP contribution in [0.4, 0.5) is 23.7 Å². The molecule has 2 aromatic carbocycles. The van der Waals surface area contributed by atoms with Gasteiger partial charge in [-0.2, -0.15) is 18.3 Å². The summed E-state index contributed by atoms with van der Waals surface area (Å²) in [6, 6.07) is 8.74. The Morgan fingerprint density at radius 3 is 2.32 bits per heavy atom. The first kappa shape index (κ1) is 23.8. The van der Waals surface area contributed by atoms with E-state index in [9.17, 15) is 27.6 Å². The van der Waals surface area contributed by atoms with Crippen molar-refractivity contribution in [2.45, 2.75) is 13.1 Å². The number of hydrogen-bond acceptors (Lipinski definition) is 5. The lowest BCUT2D eigenvalue weighted by molar-refractivity contribution is -0.137. The Bertz CT molecular complexity index is 1010. The van der Waals surface area contributed by atoms with Gasteiger partial charge < -0.3 is 5.32 Å². The zero-order valence-corrected chi connectivity index (χ0v) is 16.7. The van der Waals surface area contributed by atoms with E-state index in [1.807, 2.05) is 5.43 Å². The van der Waals surface area contributed by atoms with Crippen molar-refractivity contribution in [2.75, 3.05) is 5.32 Å². The van der Waals surface area contributed by atoms with E-state index in [2.05, 4.69) is 10.4 Å². The maximum Gasteiger partial charge on any atom is 0.416 e. The summed E-state index contributed by atoms with van der Waals surface area (Å²) in [4.78, 5) is 36.8. The minimum atomic E-state index is -4.61. The van der Waals surface area contributed by atoms with E-state index in [1.165, 1.54) is 37.3 Å². The highest BCUT2D eigenvalue weighted by Gasteiger charge is 2.31. The maximum atomic E-state index is 12.9. The number of halogens is 4. The Morgan fingerprint density at radius 2 is 1.74 bits per heavy atom. The third-order valence-electron chi connectivity index (χ3n) is 4.02. The minimum absolute atomic E-state index is 0.179. The van der Waals surface area contributed by atoms with Gasteiger partial charge in [-0.1, -0.05) is 17.7 Å². The van der Waals surface area contributed by atoms with Crippen LogP contribution in [-0.2, 0) is 11.0 Å². The zero-order valence-electron chi connectivity index (χ0n) is 16.0. The number of hydrazone groups is 1. The molecule has 0 aliphatic rings. The first-order valence-corrected chi connectivity index (χ1v) is 9.03. The number of alkyl halides is 3. The molecule has 12 heteroatoms. The zero-order chi connectivity index (χ0) is 23.2. The Morgan fingerprint density at radius 1 is 1.10 bits per heavy atom. The number of Topliss-reactive ketones (excluding diaryl/α,β-unsaturated/α-hetero) is 1. The molecule has 164 valence electrons. The molecule has 5 N–H and O–H groups in total. The summed E-state index contributed by atoms with van der Waals surface area (Å²) in [5.74, 6) is 2.23. The second-order valence-corrected chi connectivity index (χ2v) is 6.64. The number of nitrogens with two attached hydrogens (primary N) is 1. The molecule has 1 atom stereocenters. The Balaban J connectivity index is 2.32. The Kier molecular flexibility index (Phi) is 7.72. The number of hydrazine groups is 1. The first-order valence-electron chi connectivity index (χ1n) is 8.65. The van der Waals surface area contributed by atoms with Gasteiger partial charge in [0.05, 0.1) is 11.5 Å². The molecular weight excluding hydrogens is 439 g/mol. The third-order valence-corrected chi connectivity index (χ3v) is 4.27. The summed E-state index contributed by atoms with van der Waals surface area (Å²) >= 11 is 5.80. The smallest absolute Gasteiger partial charge is 0.321 e. The fourth-order valence-electron chi connectivity index (χ4n) is 2.44. The van der Waals surface area contributed by atoms with Crippen molar-refractivity contribution >= 4 is 40.7 Å². The van der Waals surface area contributed by atoms with E-state index in [0.717, 1.165) is 18.2 Å². The summed E-state index contributed by atoms with van der Waals surface area (Å²) in [5, 5.41) is 6.26. The van der Waals surface area contributed by atoms with Crippen LogP contribution in [0.3, 0.4) is 0 Å². The molecule has 0 heterocycles. The van der Waals surface area contributed by atoms with Gasteiger partial charge in [0.15, 0.2) is 5.78 Å². The van der Waals surface area contributed by atoms with Gasteiger partial charge in [0.25, 0.3) is 5.91 Å². The Labute approximate surface area is 179 Å². The molecule has 0 aromatic heterocycles. The number of ketones is 1. The van der Waals surface area contributed by atoms with E-state index < -0.39 is 41.1 Å². The molecule has 2 aromatic rings. The van der Waals surface area contributed by atoms with E-state index in [0.29, 0.717) is 5.02 Å². The molecule has 0 saturated heterocycles. The van der Waals surface area contributed by atoms with Crippen LogP contribution in [-0.4, -0.2) is 23.4 Å². The van der Waals surface area contributed by atoms with Crippen molar-refractivity contribution in [3.05, 3.63) is 64.7 Å². The van der Waals surface area contributed by atoms with Gasteiger partial charge >= 0.3 is 12.2 Å². The highest BCUT2D eigenvalue weighted by Crippen LogP contribution is 2.30. The number of hydrogen-bond donors (Lipinski definition) is 4. The van der Waals surface area contributed by atoms with Crippen molar-refractivity contribution in [1.29, 1.82) is 0 Å². The number of nitrogens with zero attached hydrogens (tertiary/aromatic N) is 1. The van der Waals surface area contributed by atoms with Crippen LogP contribution < -0.4 is 22.0 Å². The molecule has 0 radical (unpaired) electrons. The van der Waals surface area contributed by atoms with E-state index in [4.69, 9.17) is 17.4 Å². The van der Waals surface area contributed by atoms with Crippen LogP contribution in [0.5, 0.6) is 0 Å². The highest BCUT2D eigenvalue weighted by molar-refractivity contribution is 6.47. The second kappa shape index (κ2) is 10.0. The summed E-state index contributed by atoms with van der Waals surface area (Å²) in [6.07, 6.45) is -4.61. The SMILES string of the molecule is CC(C(=O)c1ccc(Cl)cc1)/C(=N/NC(=O)NN)C(=O)Nc1cccc(C(F)(F)F)c1. The molecule has 0 aliphatic carbocycles. The number of nitrogens with one attached hydrogen (secondary N) is 3. The Hall–Kier alpha value is -3.44. The number of carbonyl (C=O) groups is 3. The van der Waals surface area contributed by atoms with Crippen LogP contribution >= 0.6 is 11.6 Å². The fourth-order valence-corrected chi connectivity index (χ4v) is 2.57. The number of amides is 3. The predicted molar refractivity (Wildman–Crippen MR) is 108 cm³/mol. The first-order chi connectivity index (χ1) is 14.5. The molecule has 1 unspecified atom stereocenters. The molecule has 0 fully saturated rings. The van der Waals surface area contributed by atoms with Crippen LogP contribution in [0.1, 0.15) is 22.8 Å². The quantitative estimate of drug-likeness (QED) is 0.175. The number of urea groups is 1. The van der Waals surface area contributed by atoms with Gasteiger partial charge in [-0.3, -0.25) is 15.0 Å². The average Bonchev–Trinajstić information content (AvgIpc) is 2.73. The molecule has 0 aliphatic heterocycles. The van der Waals surface area contributed by atoms with Gasteiger partial charge in [-0.15, -0.1) is 0 Å². The fraction of sp³-hybridized carbons (Fsp3) is 0.158. The lowest BCUT2D eigenvalue weighted by Gasteiger charge is -2.15. The van der Waals surface area contributed by atoms with Crippen molar-refractivity contribution < 1.29 is 27.6 Å². The maximum absolute atomic E-state index is 12.9. The van der Waals surface area contributed by atoms with Gasteiger partial charge in [-0.05, 0) is 49.4 Å². The van der Waals surface area contributed by atoms with E-state index in [-0.39, 0.29) is 11.3 Å². The van der Waals surface area contributed by atoms with Crippen molar-refractivity contribution in [3.8, 4) is 0 Å². The highest BCUT2D eigenvalue weighted by atomic mass is 35.5. The molecule has 31 heavy (non-hydrogen) atoms. The summed E-state index contributed by atoms with van der Waals surface area (Å²) in [6.45, 7) is 1.35. The molecule has 2 rings (SSSR count). The van der Waals surface area contributed by atoms with Gasteiger partial charge in [0, 0.05) is 16.3 Å². The number of benzene rings is 2. The van der Waals surface area contributed by atoms with E-state index >= 15 is 0 Å². The molecule has 3 amide bonds. The summed E-state index contributed by atoms with van der Waals surface area (Å²) in [7, 11) is 0. The van der Waals surface area contributed by atoms with Crippen LogP contribution in [0.2, 0.25) is 5.02 Å². The number of carbonyl (C=O) groups excluding carboxylic acids is 3. The molecular formula is C19H17ClF3N5O3. The molecule has 0 saturated carbocycles. The van der Waals surface area contributed by atoms with Gasteiger partial charge in [0.1, 0.15) is 5.71 Å². The summed E-state index contributed by atoms with van der Waals surface area (Å²) < 4.78 is 38.7. The van der Waals surface area contributed by atoms with Gasteiger partial charge in [0.2, 0.25) is 0 Å².